The molecular weight excluding hydrogens is 431 g/mol. The Morgan fingerprint density at radius 2 is 1.82 bits per heavy atom. The van der Waals surface area contributed by atoms with Gasteiger partial charge in [0.2, 0.25) is 5.91 Å². The molecule has 2 fully saturated rings. The maximum atomic E-state index is 13.9. The lowest BCUT2D eigenvalue weighted by atomic mass is 9.85. The van der Waals surface area contributed by atoms with E-state index in [1.807, 2.05) is 39.8 Å². The first-order chi connectivity index (χ1) is 16.5. The van der Waals surface area contributed by atoms with Gasteiger partial charge in [0.05, 0.1) is 0 Å². The molecule has 5 rings (SSSR count). The van der Waals surface area contributed by atoms with Gasteiger partial charge in [-0.15, -0.1) is 0 Å². The summed E-state index contributed by atoms with van der Waals surface area (Å²) in [6.07, 6.45) is 3.00. The molecule has 3 aromatic rings. The number of nitrogens with one attached hydrogen (secondary N) is 1. The standard InChI is InChI=1S/C27H31FN4O2/c1-2-30-11-13-31(14-12-30)27(34)25-17-21-16-23(29-26(33)20-6-4-7-20)9-10-24(21)32(25)18-19-5-3-8-22(28)15-19/h3,5,8-10,15-17,20H,2,4,6-7,11-14,18H2,1H3,(H,29,33). The van der Waals surface area contributed by atoms with Crippen molar-refractivity contribution < 1.29 is 14.0 Å². The summed E-state index contributed by atoms with van der Waals surface area (Å²) in [5.41, 5.74) is 3.01. The molecule has 178 valence electrons. The predicted octanol–water partition coefficient (Wildman–Crippen LogP) is 4.35. The van der Waals surface area contributed by atoms with Crippen LogP contribution in [0.5, 0.6) is 0 Å². The molecule has 1 aromatic heterocycles. The number of halogens is 1. The number of hydrogen-bond donors (Lipinski definition) is 1. The van der Waals surface area contributed by atoms with Gasteiger partial charge in [0.15, 0.2) is 0 Å². The number of carbonyl (C=O) groups excluding carboxylic acids is 2. The fraction of sp³-hybridized carbons (Fsp3) is 0.407. The average Bonchev–Trinajstić information content (AvgIpc) is 3.15. The van der Waals surface area contributed by atoms with Crippen molar-refractivity contribution in [2.24, 2.45) is 5.92 Å². The van der Waals surface area contributed by atoms with Crippen LogP contribution in [0.3, 0.4) is 0 Å². The molecular formula is C27H31FN4O2. The molecule has 1 saturated heterocycles. The van der Waals surface area contributed by atoms with Crippen LogP contribution in [0.15, 0.2) is 48.5 Å². The molecule has 0 bridgehead atoms. The highest BCUT2D eigenvalue weighted by molar-refractivity contribution is 6.01. The van der Waals surface area contributed by atoms with E-state index in [4.69, 9.17) is 0 Å². The minimum absolute atomic E-state index is 0.0107. The van der Waals surface area contributed by atoms with Gasteiger partial charge in [-0.1, -0.05) is 25.5 Å². The van der Waals surface area contributed by atoms with Crippen LogP contribution in [0, 0.1) is 11.7 Å². The number of amides is 2. The largest absolute Gasteiger partial charge is 0.335 e. The van der Waals surface area contributed by atoms with Crippen LogP contribution in [0.2, 0.25) is 0 Å². The number of hydrogen-bond acceptors (Lipinski definition) is 3. The van der Waals surface area contributed by atoms with Crippen molar-refractivity contribution >= 4 is 28.4 Å². The third kappa shape index (κ3) is 4.57. The van der Waals surface area contributed by atoms with Crippen molar-refractivity contribution in [1.29, 1.82) is 0 Å². The number of nitrogens with zero attached hydrogens (tertiary/aromatic N) is 3. The van der Waals surface area contributed by atoms with Crippen molar-refractivity contribution in [1.82, 2.24) is 14.4 Å². The molecule has 6 nitrogen and oxygen atoms in total. The normalized spacial score (nSPS) is 17.1. The maximum absolute atomic E-state index is 13.9. The lowest BCUT2D eigenvalue weighted by molar-refractivity contribution is -0.122. The smallest absolute Gasteiger partial charge is 0.270 e. The number of benzene rings is 2. The van der Waals surface area contributed by atoms with E-state index in [1.54, 1.807) is 6.07 Å². The van der Waals surface area contributed by atoms with Crippen LogP contribution in [0.1, 0.15) is 42.2 Å². The first kappa shape index (κ1) is 22.6. The molecule has 0 spiro atoms. The van der Waals surface area contributed by atoms with E-state index in [2.05, 4.69) is 17.1 Å². The number of likely N-dealkylation sites (N-methyl/N-ethyl adjacent to an activating group) is 1. The van der Waals surface area contributed by atoms with Gasteiger partial charge in [0.1, 0.15) is 11.5 Å². The molecule has 0 atom stereocenters. The molecule has 34 heavy (non-hydrogen) atoms. The summed E-state index contributed by atoms with van der Waals surface area (Å²) in [5.74, 6) is -0.135. The molecule has 2 aliphatic rings. The Hall–Kier alpha value is -3.19. The minimum atomic E-state index is -0.293. The summed E-state index contributed by atoms with van der Waals surface area (Å²) in [4.78, 5) is 30.3. The van der Waals surface area contributed by atoms with Crippen LogP contribution >= 0.6 is 0 Å². The molecule has 0 radical (unpaired) electrons. The number of carbonyl (C=O) groups is 2. The van der Waals surface area contributed by atoms with Gasteiger partial charge >= 0.3 is 0 Å². The Bertz CT molecular complexity index is 1210. The molecule has 2 aromatic carbocycles. The second-order valence-corrected chi connectivity index (χ2v) is 9.36. The van der Waals surface area contributed by atoms with Gasteiger partial charge in [0, 0.05) is 55.2 Å². The summed E-state index contributed by atoms with van der Waals surface area (Å²) < 4.78 is 15.8. The Morgan fingerprint density at radius 3 is 2.50 bits per heavy atom. The van der Waals surface area contributed by atoms with Crippen molar-refractivity contribution in [2.75, 3.05) is 38.0 Å². The molecule has 1 aliphatic heterocycles. The van der Waals surface area contributed by atoms with E-state index in [9.17, 15) is 14.0 Å². The summed E-state index contributed by atoms with van der Waals surface area (Å²) in [6.45, 7) is 6.62. The molecule has 7 heteroatoms. The summed E-state index contributed by atoms with van der Waals surface area (Å²) >= 11 is 0. The first-order valence-electron chi connectivity index (χ1n) is 12.2. The number of fused-ring (bicyclic) bond motifs is 1. The zero-order valence-corrected chi connectivity index (χ0v) is 19.6. The van der Waals surface area contributed by atoms with E-state index in [1.165, 1.54) is 12.1 Å². The van der Waals surface area contributed by atoms with Gasteiger partial charge in [-0.05, 0) is 61.3 Å². The highest BCUT2D eigenvalue weighted by Gasteiger charge is 2.27. The van der Waals surface area contributed by atoms with Crippen molar-refractivity contribution in [3.8, 4) is 0 Å². The topological polar surface area (TPSA) is 57.6 Å². The third-order valence-electron chi connectivity index (χ3n) is 7.20. The highest BCUT2D eigenvalue weighted by atomic mass is 19.1. The summed E-state index contributed by atoms with van der Waals surface area (Å²) in [5, 5.41) is 3.91. The molecule has 1 aliphatic carbocycles. The van der Waals surface area contributed by atoms with Crippen molar-refractivity contribution in [3.63, 3.8) is 0 Å². The average molecular weight is 463 g/mol. The Labute approximate surface area is 199 Å². The fourth-order valence-corrected chi connectivity index (χ4v) is 4.86. The third-order valence-corrected chi connectivity index (χ3v) is 7.20. The van der Waals surface area contributed by atoms with E-state index in [-0.39, 0.29) is 23.5 Å². The first-order valence-corrected chi connectivity index (χ1v) is 12.2. The van der Waals surface area contributed by atoms with Gasteiger partial charge in [-0.2, -0.15) is 0 Å². The van der Waals surface area contributed by atoms with Crippen LogP contribution in [-0.4, -0.2) is 58.9 Å². The Kier molecular flexibility index (Phi) is 6.37. The minimum Gasteiger partial charge on any atom is -0.335 e. The van der Waals surface area contributed by atoms with E-state index < -0.39 is 0 Å². The second kappa shape index (κ2) is 9.58. The molecule has 1 N–H and O–H groups in total. The van der Waals surface area contributed by atoms with Crippen molar-refractivity contribution in [3.05, 3.63) is 65.6 Å². The van der Waals surface area contributed by atoms with Gasteiger partial charge in [-0.25, -0.2) is 4.39 Å². The predicted molar refractivity (Wildman–Crippen MR) is 131 cm³/mol. The van der Waals surface area contributed by atoms with Crippen LogP contribution in [0.4, 0.5) is 10.1 Å². The van der Waals surface area contributed by atoms with Crippen LogP contribution in [0.25, 0.3) is 10.9 Å². The SMILES string of the molecule is CCN1CCN(C(=O)c2cc3cc(NC(=O)C4CCC4)ccc3n2Cc2cccc(F)c2)CC1. The number of aromatic nitrogens is 1. The summed E-state index contributed by atoms with van der Waals surface area (Å²) in [7, 11) is 0. The Balaban J connectivity index is 1.47. The monoisotopic (exact) mass is 462 g/mol. The van der Waals surface area contributed by atoms with E-state index in [0.29, 0.717) is 25.3 Å². The van der Waals surface area contributed by atoms with Gasteiger partial charge < -0.3 is 19.7 Å². The Morgan fingerprint density at radius 1 is 1.03 bits per heavy atom. The molecule has 2 heterocycles. The zero-order valence-electron chi connectivity index (χ0n) is 19.6. The fourth-order valence-electron chi connectivity index (χ4n) is 4.86. The molecule has 0 unspecified atom stereocenters. The van der Waals surface area contributed by atoms with E-state index >= 15 is 0 Å². The van der Waals surface area contributed by atoms with Gasteiger partial charge in [0.25, 0.3) is 5.91 Å². The quantitative estimate of drug-likeness (QED) is 0.593. The number of rotatable bonds is 6. The zero-order chi connectivity index (χ0) is 23.7. The highest BCUT2D eigenvalue weighted by Crippen LogP contribution is 2.30. The van der Waals surface area contributed by atoms with Gasteiger partial charge in [-0.3, -0.25) is 9.59 Å². The van der Waals surface area contributed by atoms with E-state index in [0.717, 1.165) is 61.1 Å². The number of anilines is 1. The molecule has 2 amide bonds. The lowest BCUT2D eigenvalue weighted by Gasteiger charge is -2.34. The molecule has 1 saturated carbocycles. The van der Waals surface area contributed by atoms with Crippen molar-refractivity contribution in [2.45, 2.75) is 32.7 Å². The van der Waals surface area contributed by atoms with Crippen LogP contribution in [-0.2, 0) is 11.3 Å². The second-order valence-electron chi connectivity index (χ2n) is 9.36. The van der Waals surface area contributed by atoms with Crippen LogP contribution < -0.4 is 5.32 Å². The lowest BCUT2D eigenvalue weighted by Crippen LogP contribution is -2.48. The summed E-state index contributed by atoms with van der Waals surface area (Å²) in [6, 6.07) is 14.2. The number of piperazine rings is 1. The maximum Gasteiger partial charge on any atom is 0.270 e.